The monoisotopic (exact) mass is 284 g/mol. The average Bonchev–Trinajstić information content (AvgIpc) is 2.40. The van der Waals surface area contributed by atoms with Crippen molar-refractivity contribution in [2.24, 2.45) is 0 Å². The molecule has 0 aliphatic carbocycles. The predicted molar refractivity (Wildman–Crippen MR) is 86.8 cm³/mol. The van der Waals surface area contributed by atoms with Gasteiger partial charge < -0.3 is 10.1 Å². The van der Waals surface area contributed by atoms with Gasteiger partial charge in [-0.2, -0.15) is 0 Å². The fourth-order valence-corrected chi connectivity index (χ4v) is 1.92. The summed E-state index contributed by atoms with van der Waals surface area (Å²) in [4.78, 5) is 4.38. The molecule has 0 amide bonds. The van der Waals surface area contributed by atoms with Crippen LogP contribution in [0.3, 0.4) is 0 Å². The van der Waals surface area contributed by atoms with E-state index in [0.717, 1.165) is 29.3 Å². The number of ether oxygens (including phenoxy) is 1. The molecule has 0 radical (unpaired) electrons. The molecule has 2 rings (SSSR count). The van der Waals surface area contributed by atoms with Gasteiger partial charge >= 0.3 is 0 Å². The Morgan fingerprint density at radius 3 is 2.57 bits per heavy atom. The number of pyridine rings is 1. The van der Waals surface area contributed by atoms with Crippen molar-refractivity contribution in [2.75, 3.05) is 0 Å². The third-order valence-electron chi connectivity index (χ3n) is 3.16. The number of aromatic nitrogens is 1. The lowest BCUT2D eigenvalue weighted by atomic mass is 10.1. The molecule has 0 aliphatic heterocycles. The first kappa shape index (κ1) is 15.5. The first-order valence-electron chi connectivity index (χ1n) is 7.28. The molecule has 0 unspecified atom stereocenters. The number of hydrogen-bond donors (Lipinski definition) is 1. The summed E-state index contributed by atoms with van der Waals surface area (Å²) < 4.78 is 5.99. The molecule has 1 N–H and O–H groups in total. The van der Waals surface area contributed by atoms with Crippen molar-refractivity contribution in [2.45, 2.75) is 46.7 Å². The molecule has 0 fully saturated rings. The highest BCUT2D eigenvalue weighted by molar-refractivity contribution is 5.39. The zero-order valence-electron chi connectivity index (χ0n) is 13.5. The van der Waals surface area contributed by atoms with E-state index in [2.05, 4.69) is 63.1 Å². The van der Waals surface area contributed by atoms with Crippen molar-refractivity contribution in [3.05, 3.63) is 53.3 Å². The Morgan fingerprint density at radius 2 is 1.86 bits per heavy atom. The Balaban J connectivity index is 2.12. The summed E-state index contributed by atoms with van der Waals surface area (Å²) in [5.41, 5.74) is 3.38. The molecule has 0 spiro atoms. The van der Waals surface area contributed by atoms with E-state index in [9.17, 15) is 0 Å². The highest BCUT2D eigenvalue weighted by atomic mass is 16.5. The minimum atomic E-state index is 0.0751. The fraction of sp³-hybridized carbons (Fsp3) is 0.389. The van der Waals surface area contributed by atoms with Crippen molar-refractivity contribution in [3.8, 4) is 11.5 Å². The summed E-state index contributed by atoms with van der Waals surface area (Å²) in [5.74, 6) is 1.72. The Morgan fingerprint density at radius 1 is 1.10 bits per heavy atom. The Labute approximate surface area is 127 Å². The van der Waals surface area contributed by atoms with E-state index in [1.54, 1.807) is 6.20 Å². The number of nitrogens with one attached hydrogen (secondary N) is 1. The minimum Gasteiger partial charge on any atom is -0.457 e. The summed E-state index contributed by atoms with van der Waals surface area (Å²) in [7, 11) is 0. The molecule has 21 heavy (non-hydrogen) atoms. The molecule has 0 saturated heterocycles. The number of nitrogens with zero attached hydrogens (tertiary/aromatic N) is 1. The quantitative estimate of drug-likeness (QED) is 0.904. The number of aryl methyl sites for hydroxylation is 2. The van der Waals surface area contributed by atoms with Gasteiger partial charge in [0.05, 0.1) is 5.69 Å². The highest BCUT2D eigenvalue weighted by Gasteiger charge is 2.09. The summed E-state index contributed by atoms with van der Waals surface area (Å²) in [6.45, 7) is 11.3. The smallest absolute Gasteiger partial charge is 0.130 e. The van der Waals surface area contributed by atoms with Crippen LogP contribution in [-0.2, 0) is 6.54 Å². The Kier molecular flexibility index (Phi) is 4.63. The van der Waals surface area contributed by atoms with Gasteiger partial charge in [0.1, 0.15) is 11.5 Å². The van der Waals surface area contributed by atoms with Gasteiger partial charge in [0.15, 0.2) is 0 Å². The van der Waals surface area contributed by atoms with Crippen molar-refractivity contribution >= 4 is 0 Å². The molecule has 2 aromatic rings. The molecule has 0 bridgehead atoms. The molecular formula is C18H24N2O. The standard InChI is InChI=1S/C18H24N2O/c1-13-6-7-14(2)17(10-13)21-16-8-9-19-15(11-16)12-20-18(3,4)5/h6-11,20H,12H2,1-5H3. The van der Waals surface area contributed by atoms with Gasteiger partial charge in [-0.25, -0.2) is 0 Å². The lowest BCUT2D eigenvalue weighted by Gasteiger charge is -2.20. The van der Waals surface area contributed by atoms with E-state index in [0.29, 0.717) is 0 Å². The van der Waals surface area contributed by atoms with Crippen molar-refractivity contribution in [3.63, 3.8) is 0 Å². The molecule has 0 atom stereocenters. The summed E-state index contributed by atoms with van der Waals surface area (Å²) in [5, 5.41) is 3.43. The predicted octanol–water partition coefficient (Wildman–Crippen LogP) is 4.38. The molecule has 1 aromatic carbocycles. The number of benzene rings is 1. The highest BCUT2D eigenvalue weighted by Crippen LogP contribution is 2.26. The van der Waals surface area contributed by atoms with Crippen LogP contribution in [0.5, 0.6) is 11.5 Å². The van der Waals surface area contributed by atoms with Crippen LogP contribution in [0.15, 0.2) is 36.5 Å². The fourth-order valence-electron chi connectivity index (χ4n) is 1.92. The van der Waals surface area contributed by atoms with E-state index < -0.39 is 0 Å². The van der Waals surface area contributed by atoms with Gasteiger partial charge in [0, 0.05) is 24.3 Å². The zero-order valence-corrected chi connectivity index (χ0v) is 13.5. The average molecular weight is 284 g/mol. The second-order valence-electron chi connectivity index (χ2n) is 6.46. The molecule has 1 aromatic heterocycles. The van der Waals surface area contributed by atoms with Crippen LogP contribution in [0.25, 0.3) is 0 Å². The van der Waals surface area contributed by atoms with Crippen LogP contribution in [0.2, 0.25) is 0 Å². The van der Waals surface area contributed by atoms with Crippen LogP contribution >= 0.6 is 0 Å². The minimum absolute atomic E-state index is 0.0751. The zero-order chi connectivity index (χ0) is 15.5. The van der Waals surface area contributed by atoms with Gasteiger partial charge in [-0.15, -0.1) is 0 Å². The maximum Gasteiger partial charge on any atom is 0.130 e. The topological polar surface area (TPSA) is 34.1 Å². The largest absolute Gasteiger partial charge is 0.457 e. The SMILES string of the molecule is Cc1ccc(C)c(Oc2ccnc(CNC(C)(C)C)c2)c1. The van der Waals surface area contributed by atoms with Crippen LogP contribution in [0.1, 0.15) is 37.6 Å². The number of hydrogen-bond acceptors (Lipinski definition) is 3. The van der Waals surface area contributed by atoms with Crippen LogP contribution in [-0.4, -0.2) is 10.5 Å². The van der Waals surface area contributed by atoms with Crippen molar-refractivity contribution in [1.29, 1.82) is 0 Å². The van der Waals surface area contributed by atoms with Gasteiger partial charge in [-0.3, -0.25) is 4.98 Å². The summed E-state index contributed by atoms with van der Waals surface area (Å²) in [6, 6.07) is 10.1. The van der Waals surface area contributed by atoms with E-state index in [1.807, 2.05) is 12.1 Å². The van der Waals surface area contributed by atoms with Gasteiger partial charge in [0.2, 0.25) is 0 Å². The first-order valence-corrected chi connectivity index (χ1v) is 7.28. The Hall–Kier alpha value is -1.87. The van der Waals surface area contributed by atoms with E-state index in [4.69, 9.17) is 4.74 Å². The molecule has 3 heteroatoms. The molecule has 3 nitrogen and oxygen atoms in total. The van der Waals surface area contributed by atoms with Gasteiger partial charge in [-0.05, 0) is 57.9 Å². The second-order valence-corrected chi connectivity index (χ2v) is 6.46. The van der Waals surface area contributed by atoms with E-state index >= 15 is 0 Å². The van der Waals surface area contributed by atoms with Crippen molar-refractivity contribution < 1.29 is 4.74 Å². The molecule has 0 saturated carbocycles. The van der Waals surface area contributed by atoms with Gasteiger partial charge in [0.25, 0.3) is 0 Å². The number of rotatable bonds is 4. The Bertz CT molecular complexity index is 615. The molecular weight excluding hydrogens is 260 g/mol. The van der Waals surface area contributed by atoms with E-state index in [1.165, 1.54) is 5.56 Å². The first-order chi connectivity index (χ1) is 9.83. The van der Waals surface area contributed by atoms with Crippen LogP contribution in [0, 0.1) is 13.8 Å². The normalized spacial score (nSPS) is 11.5. The van der Waals surface area contributed by atoms with Crippen LogP contribution in [0.4, 0.5) is 0 Å². The van der Waals surface area contributed by atoms with E-state index in [-0.39, 0.29) is 5.54 Å². The summed E-state index contributed by atoms with van der Waals surface area (Å²) >= 11 is 0. The van der Waals surface area contributed by atoms with Gasteiger partial charge in [-0.1, -0.05) is 12.1 Å². The molecule has 1 heterocycles. The molecule has 0 aliphatic rings. The molecule has 112 valence electrons. The summed E-state index contributed by atoms with van der Waals surface area (Å²) in [6.07, 6.45) is 1.79. The third kappa shape index (κ3) is 4.87. The second kappa shape index (κ2) is 6.27. The third-order valence-corrected chi connectivity index (χ3v) is 3.16. The lowest BCUT2D eigenvalue weighted by Crippen LogP contribution is -2.35. The van der Waals surface area contributed by atoms with Crippen LogP contribution < -0.4 is 10.1 Å². The maximum atomic E-state index is 5.99. The maximum absolute atomic E-state index is 5.99. The van der Waals surface area contributed by atoms with Crippen molar-refractivity contribution in [1.82, 2.24) is 10.3 Å². The lowest BCUT2D eigenvalue weighted by molar-refractivity contribution is 0.419.